The van der Waals surface area contributed by atoms with Crippen LogP contribution in [0.3, 0.4) is 0 Å². The lowest BCUT2D eigenvalue weighted by atomic mass is 10.0. The highest BCUT2D eigenvalue weighted by Gasteiger charge is 2.28. The van der Waals surface area contributed by atoms with Crippen molar-refractivity contribution in [3.8, 4) is 17.2 Å². The van der Waals surface area contributed by atoms with Crippen molar-refractivity contribution >= 4 is 29.7 Å². The quantitative estimate of drug-likeness (QED) is 0.0578. The van der Waals surface area contributed by atoms with Gasteiger partial charge in [0.2, 0.25) is 17.7 Å². The molecule has 0 saturated carbocycles. The number of carbonyl (C=O) groups is 4. The summed E-state index contributed by atoms with van der Waals surface area (Å²) in [5, 5.41) is 36.3. The molecule has 15 heteroatoms. The fourth-order valence-corrected chi connectivity index (χ4v) is 4.20. The third-order valence-corrected chi connectivity index (χ3v) is 6.51. The van der Waals surface area contributed by atoms with Gasteiger partial charge < -0.3 is 52.4 Å². The molecule has 0 saturated heterocycles. The van der Waals surface area contributed by atoms with E-state index >= 15 is 0 Å². The van der Waals surface area contributed by atoms with E-state index in [0.717, 1.165) is 0 Å². The Kier molecular flexibility index (Phi) is 14.2. The smallest absolute Gasteiger partial charge is 0.305 e. The number of carbonyl (C=O) groups excluding carboxylic acids is 3. The van der Waals surface area contributed by atoms with E-state index in [1.54, 1.807) is 30.3 Å². The number of guanidine groups is 1. The SMILES string of the molecule is COc1ccc(CC(NC(=O)[C@@H](CCCNC(=N)N)NC(=O)C(N)Cc2ccc(O)cc2)C(=O)NCCC(=O)O)cc1OC. The summed E-state index contributed by atoms with van der Waals surface area (Å²) in [5.41, 5.74) is 12.8. The second-order valence-corrected chi connectivity index (χ2v) is 9.91. The second-order valence-electron chi connectivity index (χ2n) is 9.91. The maximum Gasteiger partial charge on any atom is 0.305 e. The van der Waals surface area contributed by atoms with Crippen LogP contribution in [0.2, 0.25) is 0 Å². The van der Waals surface area contributed by atoms with E-state index in [9.17, 15) is 24.3 Å². The maximum absolute atomic E-state index is 13.5. The lowest BCUT2D eigenvalue weighted by molar-refractivity contribution is -0.137. The largest absolute Gasteiger partial charge is 0.508 e. The van der Waals surface area contributed by atoms with Crippen LogP contribution in [-0.4, -0.2) is 85.3 Å². The van der Waals surface area contributed by atoms with Gasteiger partial charge in [0.05, 0.1) is 26.7 Å². The van der Waals surface area contributed by atoms with Crippen molar-refractivity contribution in [3.63, 3.8) is 0 Å². The first-order chi connectivity index (χ1) is 20.9. The average molecular weight is 616 g/mol. The molecule has 3 amide bonds. The number of nitrogens with two attached hydrogens (primary N) is 2. The highest BCUT2D eigenvalue weighted by molar-refractivity contribution is 5.93. The molecular weight excluding hydrogens is 574 g/mol. The second kappa shape index (κ2) is 17.8. The third kappa shape index (κ3) is 12.1. The molecule has 2 rings (SSSR count). The van der Waals surface area contributed by atoms with E-state index in [0.29, 0.717) is 29.0 Å². The summed E-state index contributed by atoms with van der Waals surface area (Å²) in [5.74, 6) is -2.31. The molecule has 0 aliphatic rings. The van der Waals surface area contributed by atoms with E-state index < -0.39 is 41.8 Å². The average Bonchev–Trinajstić information content (AvgIpc) is 2.98. The molecule has 0 aliphatic heterocycles. The van der Waals surface area contributed by atoms with E-state index in [1.807, 2.05) is 0 Å². The highest BCUT2D eigenvalue weighted by Crippen LogP contribution is 2.28. The number of carboxylic acids is 1. The van der Waals surface area contributed by atoms with Crippen molar-refractivity contribution in [2.45, 2.75) is 50.2 Å². The first-order valence-corrected chi connectivity index (χ1v) is 13.9. The number of phenolic OH excluding ortho intramolecular Hbond substituents is 1. The van der Waals surface area contributed by atoms with Crippen LogP contribution in [-0.2, 0) is 32.0 Å². The molecule has 2 aromatic rings. The number of aromatic hydroxyl groups is 1. The molecule has 2 unspecified atom stereocenters. The Hall–Kier alpha value is -5.05. The van der Waals surface area contributed by atoms with Crippen LogP contribution in [0.5, 0.6) is 17.2 Å². The van der Waals surface area contributed by atoms with Gasteiger partial charge >= 0.3 is 5.97 Å². The van der Waals surface area contributed by atoms with Gasteiger partial charge in [0.25, 0.3) is 0 Å². The fourth-order valence-electron chi connectivity index (χ4n) is 4.20. The summed E-state index contributed by atoms with van der Waals surface area (Å²) in [6.45, 7) is 0.0920. The lowest BCUT2D eigenvalue weighted by Crippen LogP contribution is -2.56. The Labute approximate surface area is 255 Å². The number of phenols is 1. The topological polar surface area (TPSA) is 251 Å². The molecule has 15 nitrogen and oxygen atoms in total. The van der Waals surface area contributed by atoms with E-state index in [4.69, 9.17) is 31.5 Å². The Morgan fingerprint density at radius 2 is 1.48 bits per heavy atom. The zero-order chi connectivity index (χ0) is 32.6. The van der Waals surface area contributed by atoms with Crippen molar-refractivity contribution in [1.29, 1.82) is 5.41 Å². The first kappa shape index (κ1) is 35.1. The minimum Gasteiger partial charge on any atom is -0.508 e. The van der Waals surface area contributed by atoms with Gasteiger partial charge in [-0.3, -0.25) is 24.6 Å². The van der Waals surface area contributed by atoms with Gasteiger partial charge in [-0.05, 0) is 54.7 Å². The number of benzene rings is 2. The minimum absolute atomic E-state index is 0.0118. The molecule has 3 atom stereocenters. The maximum atomic E-state index is 13.5. The minimum atomic E-state index is -1.14. The highest BCUT2D eigenvalue weighted by atomic mass is 16.5. The number of rotatable bonds is 18. The number of nitrogens with one attached hydrogen (secondary N) is 5. The summed E-state index contributed by atoms with van der Waals surface area (Å²) in [7, 11) is 2.94. The molecule has 11 N–H and O–H groups in total. The van der Waals surface area contributed by atoms with E-state index in [-0.39, 0.29) is 50.5 Å². The number of methoxy groups -OCH3 is 2. The van der Waals surface area contributed by atoms with Crippen LogP contribution >= 0.6 is 0 Å². The molecule has 0 fully saturated rings. The third-order valence-electron chi connectivity index (χ3n) is 6.51. The van der Waals surface area contributed by atoms with Gasteiger partial charge in [-0.2, -0.15) is 0 Å². The Morgan fingerprint density at radius 3 is 2.09 bits per heavy atom. The normalized spacial score (nSPS) is 12.6. The standard InChI is InChI=1S/C29H41N7O8/c1-43-23-10-7-18(16-24(23)44-2)15-22(27(41)33-13-11-25(38)39)36-28(42)21(4-3-12-34-29(31)32)35-26(40)20(30)14-17-5-8-19(37)9-6-17/h5-10,16,20-22,37H,3-4,11-15,30H2,1-2H3,(H,33,41)(H,35,40)(H,36,42)(H,38,39)(H4,31,32,34)/t20?,21-,22?/m1/s1. The van der Waals surface area contributed by atoms with Crippen molar-refractivity contribution in [3.05, 3.63) is 53.6 Å². The van der Waals surface area contributed by atoms with Crippen molar-refractivity contribution in [2.24, 2.45) is 11.5 Å². The monoisotopic (exact) mass is 615 g/mol. The predicted octanol–water partition coefficient (Wildman–Crippen LogP) is -0.654. The van der Waals surface area contributed by atoms with Gasteiger partial charge in [-0.15, -0.1) is 0 Å². The van der Waals surface area contributed by atoms with Crippen LogP contribution in [0.15, 0.2) is 42.5 Å². The fraction of sp³-hybridized carbons (Fsp3) is 0.414. The van der Waals surface area contributed by atoms with Gasteiger partial charge in [0, 0.05) is 19.5 Å². The lowest BCUT2D eigenvalue weighted by Gasteiger charge is -2.25. The summed E-state index contributed by atoms with van der Waals surface area (Å²) in [4.78, 5) is 50.6. The van der Waals surface area contributed by atoms with Gasteiger partial charge in [-0.25, -0.2) is 0 Å². The van der Waals surface area contributed by atoms with Gasteiger partial charge in [-0.1, -0.05) is 18.2 Å². The molecule has 0 radical (unpaired) electrons. The number of aliphatic carboxylic acids is 1. The molecule has 0 aromatic heterocycles. The molecule has 0 heterocycles. The van der Waals surface area contributed by atoms with Crippen LogP contribution in [0.1, 0.15) is 30.4 Å². The number of ether oxygens (including phenoxy) is 2. The van der Waals surface area contributed by atoms with Crippen LogP contribution in [0.4, 0.5) is 0 Å². The number of amides is 3. The summed E-state index contributed by atoms with van der Waals surface area (Å²) in [6.07, 6.45) is 0.283. The van der Waals surface area contributed by atoms with Gasteiger partial charge in [0.1, 0.15) is 17.8 Å². The molecule has 44 heavy (non-hydrogen) atoms. The predicted molar refractivity (Wildman–Crippen MR) is 161 cm³/mol. The number of hydrogen-bond acceptors (Lipinski definition) is 9. The summed E-state index contributed by atoms with van der Waals surface area (Å²) < 4.78 is 10.6. The zero-order valence-corrected chi connectivity index (χ0v) is 24.7. The van der Waals surface area contributed by atoms with E-state index in [1.165, 1.54) is 26.4 Å². The van der Waals surface area contributed by atoms with Crippen LogP contribution < -0.4 is 42.2 Å². The molecular formula is C29H41N7O8. The number of carboxylic acid groups (broad SMARTS) is 1. The molecule has 2 aromatic carbocycles. The Balaban J connectivity index is 2.24. The van der Waals surface area contributed by atoms with Crippen molar-refractivity contribution < 1.29 is 38.9 Å². The number of hydrogen-bond donors (Lipinski definition) is 9. The molecule has 0 spiro atoms. The molecule has 240 valence electrons. The van der Waals surface area contributed by atoms with Crippen LogP contribution in [0, 0.1) is 5.41 Å². The Bertz CT molecular complexity index is 1290. The zero-order valence-electron chi connectivity index (χ0n) is 24.7. The van der Waals surface area contributed by atoms with Gasteiger partial charge in [0.15, 0.2) is 17.5 Å². The van der Waals surface area contributed by atoms with E-state index in [2.05, 4.69) is 21.3 Å². The van der Waals surface area contributed by atoms with Crippen molar-refractivity contribution in [2.75, 3.05) is 27.3 Å². The Morgan fingerprint density at radius 1 is 0.841 bits per heavy atom. The van der Waals surface area contributed by atoms with Crippen LogP contribution in [0.25, 0.3) is 0 Å². The summed E-state index contributed by atoms with van der Waals surface area (Å²) >= 11 is 0. The molecule has 0 aliphatic carbocycles. The first-order valence-electron chi connectivity index (χ1n) is 13.9. The summed E-state index contributed by atoms with van der Waals surface area (Å²) in [6, 6.07) is 7.91. The van der Waals surface area contributed by atoms with Crippen molar-refractivity contribution in [1.82, 2.24) is 21.3 Å². The molecule has 0 bridgehead atoms.